The molecule has 176 valence electrons. The van der Waals surface area contributed by atoms with Crippen molar-refractivity contribution in [2.24, 2.45) is 0 Å². The fourth-order valence-electron chi connectivity index (χ4n) is 4.65. The highest BCUT2D eigenvalue weighted by Crippen LogP contribution is 2.34. The van der Waals surface area contributed by atoms with Gasteiger partial charge in [-0.15, -0.1) is 0 Å². The quantitative estimate of drug-likeness (QED) is 0.356. The van der Waals surface area contributed by atoms with Crippen LogP contribution in [0.3, 0.4) is 0 Å². The highest BCUT2D eigenvalue weighted by Gasteiger charge is 2.44. The molecule has 0 bridgehead atoms. The number of nitrogens with zero attached hydrogens (tertiary/aromatic N) is 3. The third kappa shape index (κ3) is 4.32. The van der Waals surface area contributed by atoms with Crippen LogP contribution in [0.4, 0.5) is 5.82 Å². The van der Waals surface area contributed by atoms with Gasteiger partial charge in [-0.05, 0) is 37.3 Å². The molecule has 1 saturated carbocycles. The van der Waals surface area contributed by atoms with E-state index in [0.717, 1.165) is 19.3 Å². The lowest BCUT2D eigenvalue weighted by atomic mass is 10.1. The van der Waals surface area contributed by atoms with E-state index in [0.29, 0.717) is 29.4 Å². The Hall–Kier alpha value is -2.63. The number of aliphatic hydroxyl groups is 3. The van der Waals surface area contributed by atoms with Gasteiger partial charge in [-0.25, -0.2) is 15.0 Å². The van der Waals surface area contributed by atoms with Crippen LogP contribution in [0.15, 0.2) is 30.6 Å². The van der Waals surface area contributed by atoms with E-state index in [1.165, 1.54) is 17.5 Å². The molecule has 5 rings (SSSR count). The Morgan fingerprint density at radius 2 is 2.03 bits per heavy atom. The Morgan fingerprint density at radius 3 is 2.82 bits per heavy atom. The molecule has 10 nitrogen and oxygen atoms in total. The van der Waals surface area contributed by atoms with E-state index in [-0.39, 0.29) is 12.1 Å². The minimum atomic E-state index is -1.21. The smallest absolute Gasteiger partial charge is 0.183 e. The van der Waals surface area contributed by atoms with Crippen LogP contribution in [0.2, 0.25) is 0 Å². The first-order valence-electron chi connectivity index (χ1n) is 11.3. The standard InChI is InChI=1S/C23H29N5O5/c1-12-5-2-3-6-13(12)10-32-15-8-4-7-14(15)26-21-17-22(25-11-24-21)28-23(27-17)20-19(31)18(30)16(9-29)33-20/h2-3,5-6,11,14-16,18-20,29-31H,4,7-10H2,1H3,(H2,24,25,26,27,28). The summed E-state index contributed by atoms with van der Waals surface area (Å²) in [6, 6.07) is 8.31. The maximum absolute atomic E-state index is 10.3. The molecular weight excluding hydrogens is 426 g/mol. The van der Waals surface area contributed by atoms with Crippen molar-refractivity contribution >= 4 is 17.0 Å². The van der Waals surface area contributed by atoms with Crippen LogP contribution >= 0.6 is 0 Å². The van der Waals surface area contributed by atoms with Gasteiger partial charge in [-0.1, -0.05) is 24.3 Å². The van der Waals surface area contributed by atoms with Gasteiger partial charge in [-0.3, -0.25) is 0 Å². The normalized spacial score (nSPS) is 29.7. The molecule has 5 N–H and O–H groups in total. The first-order chi connectivity index (χ1) is 16.0. The minimum absolute atomic E-state index is 0.0532. The number of benzene rings is 1. The molecule has 6 atom stereocenters. The van der Waals surface area contributed by atoms with Gasteiger partial charge in [0.15, 0.2) is 11.5 Å². The molecule has 10 heteroatoms. The van der Waals surface area contributed by atoms with Gasteiger partial charge in [0.05, 0.1) is 25.4 Å². The van der Waals surface area contributed by atoms with E-state index in [4.69, 9.17) is 9.47 Å². The summed E-state index contributed by atoms with van der Waals surface area (Å²) in [6.07, 6.45) is 0.308. The third-order valence-electron chi connectivity index (χ3n) is 6.61. The van der Waals surface area contributed by atoms with E-state index in [2.05, 4.69) is 44.3 Å². The molecular formula is C23H29N5O5. The van der Waals surface area contributed by atoms with Crippen molar-refractivity contribution in [3.63, 3.8) is 0 Å². The second-order valence-corrected chi connectivity index (χ2v) is 8.76. The van der Waals surface area contributed by atoms with Crippen LogP contribution < -0.4 is 5.32 Å². The van der Waals surface area contributed by atoms with E-state index in [1.54, 1.807) is 0 Å². The molecule has 2 fully saturated rings. The van der Waals surface area contributed by atoms with Crippen molar-refractivity contribution in [2.45, 2.75) is 69.4 Å². The van der Waals surface area contributed by atoms with Crippen LogP contribution in [0.1, 0.15) is 42.3 Å². The number of H-pyrrole nitrogens is 1. The van der Waals surface area contributed by atoms with Gasteiger partial charge in [-0.2, -0.15) is 0 Å². The second-order valence-electron chi connectivity index (χ2n) is 8.76. The van der Waals surface area contributed by atoms with Gasteiger partial charge in [0, 0.05) is 0 Å². The Labute approximate surface area is 191 Å². The van der Waals surface area contributed by atoms with Gasteiger partial charge in [0.1, 0.15) is 42.1 Å². The molecule has 0 spiro atoms. The summed E-state index contributed by atoms with van der Waals surface area (Å²) < 4.78 is 11.9. The highest BCUT2D eigenvalue weighted by molar-refractivity contribution is 5.82. The molecule has 1 aliphatic carbocycles. The number of hydrogen-bond acceptors (Lipinski definition) is 9. The summed E-state index contributed by atoms with van der Waals surface area (Å²) in [5.41, 5.74) is 3.42. The van der Waals surface area contributed by atoms with Crippen molar-refractivity contribution in [1.82, 2.24) is 19.9 Å². The number of hydrogen-bond donors (Lipinski definition) is 5. The molecule has 3 heterocycles. The predicted molar refractivity (Wildman–Crippen MR) is 119 cm³/mol. The van der Waals surface area contributed by atoms with E-state index >= 15 is 0 Å². The Balaban J connectivity index is 1.32. The van der Waals surface area contributed by atoms with Gasteiger partial charge >= 0.3 is 0 Å². The molecule has 0 radical (unpaired) electrons. The minimum Gasteiger partial charge on any atom is -0.394 e. The van der Waals surface area contributed by atoms with Crippen LogP contribution in [0.25, 0.3) is 11.2 Å². The Morgan fingerprint density at radius 1 is 1.18 bits per heavy atom. The number of aromatic nitrogens is 4. The average molecular weight is 456 g/mol. The largest absolute Gasteiger partial charge is 0.394 e. The molecule has 2 aromatic heterocycles. The van der Waals surface area contributed by atoms with Gasteiger partial charge in [0.25, 0.3) is 0 Å². The first kappa shape index (κ1) is 22.2. The molecule has 1 aromatic carbocycles. The molecule has 33 heavy (non-hydrogen) atoms. The Kier molecular flexibility index (Phi) is 6.26. The molecule has 2 aliphatic rings. The number of aliphatic hydroxyl groups excluding tert-OH is 3. The number of aryl methyl sites for hydroxylation is 1. The summed E-state index contributed by atoms with van der Waals surface area (Å²) in [6.45, 7) is 2.25. The van der Waals surface area contributed by atoms with Crippen molar-refractivity contribution in [3.05, 3.63) is 47.5 Å². The van der Waals surface area contributed by atoms with E-state index < -0.39 is 31.0 Å². The summed E-state index contributed by atoms with van der Waals surface area (Å²) in [4.78, 5) is 16.2. The predicted octanol–water partition coefficient (Wildman–Crippen LogP) is 1.37. The topological polar surface area (TPSA) is 146 Å². The lowest BCUT2D eigenvalue weighted by Crippen LogP contribution is -2.32. The monoisotopic (exact) mass is 455 g/mol. The maximum Gasteiger partial charge on any atom is 0.183 e. The van der Waals surface area contributed by atoms with Crippen molar-refractivity contribution in [2.75, 3.05) is 11.9 Å². The molecule has 0 amide bonds. The molecule has 6 unspecified atom stereocenters. The van der Waals surface area contributed by atoms with E-state index in [1.807, 2.05) is 12.1 Å². The first-order valence-corrected chi connectivity index (χ1v) is 11.3. The summed E-state index contributed by atoms with van der Waals surface area (Å²) >= 11 is 0. The Bertz CT molecular complexity index is 1110. The number of imidazole rings is 1. The van der Waals surface area contributed by atoms with Crippen LogP contribution in [-0.4, -0.2) is 72.3 Å². The zero-order valence-corrected chi connectivity index (χ0v) is 18.4. The number of aromatic amines is 1. The maximum atomic E-state index is 10.3. The third-order valence-corrected chi connectivity index (χ3v) is 6.61. The number of nitrogens with one attached hydrogen (secondary N) is 2. The van der Waals surface area contributed by atoms with Crippen molar-refractivity contribution in [1.29, 1.82) is 0 Å². The summed E-state index contributed by atoms with van der Waals surface area (Å²) in [7, 11) is 0. The lowest BCUT2D eigenvalue weighted by molar-refractivity contribution is -0.0249. The lowest BCUT2D eigenvalue weighted by Gasteiger charge is -2.22. The van der Waals surface area contributed by atoms with Crippen LogP contribution in [0.5, 0.6) is 0 Å². The van der Waals surface area contributed by atoms with Crippen molar-refractivity contribution in [3.8, 4) is 0 Å². The summed E-state index contributed by atoms with van der Waals surface area (Å²) in [5.74, 6) is 0.928. The van der Waals surface area contributed by atoms with Crippen molar-refractivity contribution < 1.29 is 24.8 Å². The zero-order valence-electron chi connectivity index (χ0n) is 18.4. The number of ether oxygens (including phenoxy) is 2. The van der Waals surface area contributed by atoms with E-state index in [9.17, 15) is 15.3 Å². The SMILES string of the molecule is Cc1ccccc1COC1CCCC1Nc1ncnc2nc(C3OC(CO)C(O)C3O)[nH]c12. The number of rotatable bonds is 7. The van der Waals surface area contributed by atoms with Crippen LogP contribution in [-0.2, 0) is 16.1 Å². The summed E-state index contributed by atoms with van der Waals surface area (Å²) in [5, 5.41) is 33.2. The molecule has 1 saturated heterocycles. The second kappa shape index (κ2) is 9.32. The van der Waals surface area contributed by atoms with Gasteiger partial charge in [0.2, 0.25) is 0 Å². The highest BCUT2D eigenvalue weighted by atomic mass is 16.6. The average Bonchev–Trinajstić information content (AvgIpc) is 3.52. The molecule has 3 aromatic rings. The number of anilines is 1. The van der Waals surface area contributed by atoms with Crippen LogP contribution in [0, 0.1) is 6.92 Å². The molecule has 1 aliphatic heterocycles. The number of fused-ring (bicyclic) bond motifs is 1. The zero-order chi connectivity index (χ0) is 22.9. The fraction of sp³-hybridized carbons (Fsp3) is 0.522. The van der Waals surface area contributed by atoms with Gasteiger partial charge < -0.3 is 35.1 Å². The fourth-order valence-corrected chi connectivity index (χ4v) is 4.65.